The average Bonchev–Trinajstić information content (AvgIpc) is 3.10. The average molecular weight is 367 g/mol. The molecule has 27 heavy (non-hydrogen) atoms. The minimum absolute atomic E-state index is 0.0519. The van der Waals surface area contributed by atoms with E-state index in [0.717, 1.165) is 5.76 Å². The van der Waals surface area contributed by atoms with Gasteiger partial charge in [0.1, 0.15) is 11.5 Å². The van der Waals surface area contributed by atoms with E-state index >= 15 is 0 Å². The van der Waals surface area contributed by atoms with Crippen LogP contribution in [0.2, 0.25) is 0 Å². The van der Waals surface area contributed by atoms with Crippen LogP contribution in [0.4, 0.5) is 0 Å². The van der Waals surface area contributed by atoms with Crippen LogP contribution in [0.25, 0.3) is 0 Å². The highest BCUT2D eigenvalue weighted by Gasteiger charge is 2.51. The largest absolute Gasteiger partial charge is 0.468 e. The molecule has 4 heterocycles. The molecule has 140 valence electrons. The molecule has 0 saturated carbocycles. The van der Waals surface area contributed by atoms with Gasteiger partial charge in [0.25, 0.3) is 5.56 Å². The molecule has 4 atom stereocenters. The highest BCUT2D eigenvalue weighted by Crippen LogP contribution is 2.48. The summed E-state index contributed by atoms with van der Waals surface area (Å²) in [4.78, 5) is 40.7. The summed E-state index contributed by atoms with van der Waals surface area (Å²) in [7, 11) is 3.21. The van der Waals surface area contributed by atoms with Crippen molar-refractivity contribution in [2.75, 3.05) is 0 Å². The lowest BCUT2D eigenvalue weighted by molar-refractivity contribution is -0.123. The molecular formula is C20H21N3O4. The Morgan fingerprint density at radius 3 is 2.67 bits per heavy atom. The minimum atomic E-state index is -0.344. The lowest BCUT2D eigenvalue weighted by Gasteiger charge is -2.44. The lowest BCUT2D eigenvalue weighted by atomic mass is 9.72. The molecule has 2 aliphatic carbocycles. The summed E-state index contributed by atoms with van der Waals surface area (Å²) in [5.41, 5.74) is 0.747. The van der Waals surface area contributed by atoms with E-state index in [0.29, 0.717) is 30.6 Å². The molecular weight excluding hydrogens is 346 g/mol. The van der Waals surface area contributed by atoms with Crippen molar-refractivity contribution in [1.82, 2.24) is 14.0 Å². The van der Waals surface area contributed by atoms with Gasteiger partial charge in [-0.2, -0.15) is 0 Å². The van der Waals surface area contributed by atoms with Crippen LogP contribution in [0.5, 0.6) is 0 Å². The van der Waals surface area contributed by atoms with Crippen molar-refractivity contribution < 1.29 is 9.21 Å². The first-order valence-electron chi connectivity index (χ1n) is 9.25. The second kappa shape index (κ2) is 5.66. The van der Waals surface area contributed by atoms with Gasteiger partial charge in [0, 0.05) is 44.1 Å². The van der Waals surface area contributed by atoms with E-state index in [1.807, 2.05) is 12.1 Å². The van der Waals surface area contributed by atoms with Crippen LogP contribution in [0.1, 0.15) is 29.5 Å². The second-order valence-electron chi connectivity index (χ2n) is 7.77. The normalized spacial score (nSPS) is 29.0. The number of fused-ring (bicyclic) bond motifs is 2. The SMILES string of the molecule is Cn1c2c(c(=O)n(C)c1=O)[C@H]1[C@@H]3C=C[C@@H](CC(=O)[C@@H]3C2)N1Cc1ccco1. The summed E-state index contributed by atoms with van der Waals surface area (Å²) < 4.78 is 8.26. The van der Waals surface area contributed by atoms with Crippen molar-refractivity contribution >= 4 is 5.78 Å². The fourth-order valence-corrected chi connectivity index (χ4v) is 5.08. The van der Waals surface area contributed by atoms with E-state index in [9.17, 15) is 14.4 Å². The summed E-state index contributed by atoms with van der Waals surface area (Å²) in [5.74, 6) is 0.765. The van der Waals surface area contributed by atoms with Gasteiger partial charge in [-0.25, -0.2) is 4.79 Å². The van der Waals surface area contributed by atoms with Crippen molar-refractivity contribution in [3.05, 3.63) is 68.4 Å². The van der Waals surface area contributed by atoms with E-state index in [4.69, 9.17) is 4.42 Å². The fraction of sp³-hybridized carbons (Fsp3) is 0.450. The predicted octanol–water partition coefficient (Wildman–Crippen LogP) is 0.920. The van der Waals surface area contributed by atoms with E-state index in [2.05, 4.69) is 17.1 Å². The third kappa shape index (κ3) is 2.21. The Balaban J connectivity index is 1.76. The number of rotatable bonds is 2. The number of carbonyl (C=O) groups excluding carboxylic acids is 1. The lowest BCUT2D eigenvalue weighted by Crippen LogP contribution is -2.51. The molecule has 7 nitrogen and oxygen atoms in total. The third-order valence-electron chi connectivity index (χ3n) is 6.44. The first-order valence-corrected chi connectivity index (χ1v) is 9.25. The van der Waals surface area contributed by atoms with Crippen molar-refractivity contribution in [3.8, 4) is 0 Å². The van der Waals surface area contributed by atoms with Gasteiger partial charge in [-0.15, -0.1) is 0 Å². The van der Waals surface area contributed by atoms with Gasteiger partial charge in [0.2, 0.25) is 0 Å². The quantitative estimate of drug-likeness (QED) is 0.738. The number of furan rings is 1. The highest BCUT2D eigenvalue weighted by atomic mass is 16.3. The van der Waals surface area contributed by atoms with Crippen LogP contribution in [0, 0.1) is 11.8 Å². The molecule has 2 aromatic heterocycles. The van der Waals surface area contributed by atoms with Gasteiger partial charge in [-0.1, -0.05) is 12.2 Å². The Morgan fingerprint density at radius 2 is 1.93 bits per heavy atom. The van der Waals surface area contributed by atoms with Gasteiger partial charge < -0.3 is 8.98 Å². The van der Waals surface area contributed by atoms with Crippen molar-refractivity contribution in [1.29, 1.82) is 0 Å². The molecule has 2 aliphatic heterocycles. The Morgan fingerprint density at radius 1 is 1.11 bits per heavy atom. The number of aromatic nitrogens is 2. The molecule has 2 aromatic rings. The van der Waals surface area contributed by atoms with Crippen molar-refractivity contribution in [2.45, 2.75) is 31.5 Å². The number of nitrogens with zero attached hydrogens (tertiary/aromatic N) is 3. The van der Waals surface area contributed by atoms with Crippen molar-refractivity contribution in [2.24, 2.45) is 25.9 Å². The molecule has 7 heteroatoms. The summed E-state index contributed by atoms with van der Waals surface area (Å²) in [6.07, 6.45) is 6.71. The predicted molar refractivity (Wildman–Crippen MR) is 97.2 cm³/mol. The van der Waals surface area contributed by atoms with Crippen LogP contribution in [0.3, 0.4) is 0 Å². The molecule has 1 saturated heterocycles. The summed E-state index contributed by atoms with van der Waals surface area (Å²) in [6, 6.07) is 3.45. The van der Waals surface area contributed by atoms with Crippen LogP contribution in [-0.4, -0.2) is 25.9 Å². The van der Waals surface area contributed by atoms with Gasteiger partial charge in [-0.3, -0.25) is 19.1 Å². The number of Topliss-reactive ketones (excluding diaryl/α,β-unsaturated/α-hetero) is 1. The first kappa shape index (κ1) is 16.5. The smallest absolute Gasteiger partial charge is 0.330 e. The number of carbonyl (C=O) groups is 1. The molecule has 0 radical (unpaired) electrons. The van der Waals surface area contributed by atoms with Gasteiger partial charge in [0.05, 0.1) is 24.4 Å². The number of hydrogen-bond acceptors (Lipinski definition) is 5. The first-order chi connectivity index (χ1) is 13.0. The maximum Gasteiger partial charge on any atom is 0.330 e. The topological polar surface area (TPSA) is 77.5 Å². The van der Waals surface area contributed by atoms with Crippen LogP contribution in [-0.2, 0) is 31.9 Å². The number of hydrogen-bond donors (Lipinski definition) is 0. The summed E-state index contributed by atoms with van der Waals surface area (Å²) in [6.45, 7) is 0.522. The zero-order valence-corrected chi connectivity index (χ0v) is 15.3. The molecule has 4 bridgehead atoms. The summed E-state index contributed by atoms with van der Waals surface area (Å²) >= 11 is 0. The molecule has 0 N–H and O–H groups in total. The Kier molecular flexibility index (Phi) is 3.46. The van der Waals surface area contributed by atoms with Crippen LogP contribution < -0.4 is 11.2 Å². The van der Waals surface area contributed by atoms with Gasteiger partial charge in [0.15, 0.2) is 0 Å². The standard InChI is InChI=1S/C20H21N3O4/c1-21-15-9-14-13-6-5-11(8-16(14)24)23(10-12-4-3-7-27-12)18(13)17(15)19(25)22(2)20(21)26/h3-7,11,13-14,18H,8-10H2,1-2H3/t11-,13+,14+,18+/m0/s1. The summed E-state index contributed by atoms with van der Waals surface area (Å²) in [5, 5.41) is 0. The maximum absolute atomic E-state index is 13.1. The van der Waals surface area contributed by atoms with Gasteiger partial charge >= 0.3 is 5.69 Å². The molecule has 6 rings (SSSR count). The molecule has 0 amide bonds. The molecule has 0 unspecified atom stereocenters. The van der Waals surface area contributed by atoms with Crippen LogP contribution >= 0.6 is 0 Å². The molecule has 0 aromatic carbocycles. The molecule has 0 spiro atoms. The Labute approximate surface area is 155 Å². The minimum Gasteiger partial charge on any atom is -0.468 e. The molecule has 1 fully saturated rings. The zero-order chi connectivity index (χ0) is 18.9. The third-order valence-corrected chi connectivity index (χ3v) is 6.44. The molecule has 4 aliphatic rings. The number of ketones is 1. The van der Waals surface area contributed by atoms with E-state index in [1.165, 1.54) is 16.2 Å². The second-order valence-corrected chi connectivity index (χ2v) is 7.77. The maximum atomic E-state index is 13.1. The van der Waals surface area contributed by atoms with E-state index < -0.39 is 0 Å². The Bertz CT molecular complexity index is 1080. The fourth-order valence-electron chi connectivity index (χ4n) is 5.08. The Hall–Kier alpha value is -2.67. The van der Waals surface area contributed by atoms with Gasteiger partial charge in [-0.05, 0) is 18.6 Å². The zero-order valence-electron chi connectivity index (χ0n) is 15.3. The van der Waals surface area contributed by atoms with Crippen LogP contribution in [0.15, 0.2) is 44.6 Å². The van der Waals surface area contributed by atoms with E-state index in [1.54, 1.807) is 13.3 Å². The highest BCUT2D eigenvalue weighted by molar-refractivity contribution is 5.84. The van der Waals surface area contributed by atoms with Crippen molar-refractivity contribution in [3.63, 3.8) is 0 Å². The monoisotopic (exact) mass is 367 g/mol. The van der Waals surface area contributed by atoms with E-state index in [-0.39, 0.29) is 41.0 Å².